The van der Waals surface area contributed by atoms with E-state index >= 15 is 0 Å². The van der Waals surface area contributed by atoms with Gasteiger partial charge >= 0.3 is 0 Å². The topological polar surface area (TPSA) is 21.3 Å². The minimum Gasteiger partial charge on any atom is -0.476 e. The molecule has 0 radical (unpaired) electrons. The van der Waals surface area contributed by atoms with Gasteiger partial charge in [0.1, 0.15) is 6.10 Å². The molecule has 0 aromatic heterocycles. The van der Waals surface area contributed by atoms with Crippen molar-refractivity contribution >= 4 is 0 Å². The van der Waals surface area contributed by atoms with Crippen molar-refractivity contribution in [2.24, 2.45) is 0 Å². The van der Waals surface area contributed by atoms with Crippen LogP contribution in [0, 0.1) is 0 Å². The van der Waals surface area contributed by atoms with Crippen LogP contribution in [0.25, 0.3) is 0 Å². The molecule has 1 fully saturated rings. The zero-order valence-electron chi connectivity index (χ0n) is 8.31. The van der Waals surface area contributed by atoms with Gasteiger partial charge in [-0.1, -0.05) is 0 Å². The summed E-state index contributed by atoms with van der Waals surface area (Å²) in [7, 11) is 0. The van der Waals surface area contributed by atoms with Gasteiger partial charge in [0.25, 0.3) is 0 Å². The van der Waals surface area contributed by atoms with E-state index in [0.717, 1.165) is 0 Å². The molecule has 0 saturated heterocycles. The molecule has 0 unspecified atom stereocenters. The Morgan fingerprint density at radius 3 is 2.33 bits per heavy atom. The van der Waals surface area contributed by atoms with Gasteiger partial charge in [0.2, 0.25) is 0 Å². The second-order valence-corrected chi connectivity index (χ2v) is 4.47. The minimum atomic E-state index is 0.0564. The molecule has 1 aliphatic carbocycles. The highest BCUT2D eigenvalue weighted by molar-refractivity contribution is 4.89. The molecule has 2 heteroatoms. The number of hydrogen-bond donors (Lipinski definition) is 1. The first-order chi connectivity index (χ1) is 5.47. The molecule has 0 bridgehead atoms. The quantitative estimate of drug-likeness (QED) is 0.655. The Kier molecular flexibility index (Phi) is 2.65. The van der Waals surface area contributed by atoms with Crippen LogP contribution in [0.15, 0.2) is 12.5 Å². The van der Waals surface area contributed by atoms with Crippen LogP contribution >= 0.6 is 0 Å². The molecule has 70 valence electrons. The van der Waals surface area contributed by atoms with E-state index in [1.807, 2.05) is 0 Å². The van der Waals surface area contributed by atoms with E-state index in [2.05, 4.69) is 32.7 Å². The van der Waals surface area contributed by atoms with Gasteiger partial charge in [-0.2, -0.15) is 0 Å². The molecule has 1 aliphatic rings. The molecular formula is C10H19NO. The van der Waals surface area contributed by atoms with Gasteiger partial charge in [-0.05, 0) is 46.6 Å². The summed E-state index contributed by atoms with van der Waals surface area (Å²) in [5, 5.41) is 3.20. The first-order valence-electron chi connectivity index (χ1n) is 4.61. The molecule has 0 amide bonds. The van der Waals surface area contributed by atoms with E-state index in [-0.39, 0.29) is 5.54 Å². The lowest BCUT2D eigenvalue weighted by atomic mass is 9.96. The molecule has 1 saturated carbocycles. The third-order valence-electron chi connectivity index (χ3n) is 1.88. The highest BCUT2D eigenvalue weighted by Gasteiger charge is 2.20. The lowest BCUT2D eigenvalue weighted by Gasteiger charge is -2.30. The number of nitrogens with one attached hydrogen (secondary N) is 1. The van der Waals surface area contributed by atoms with Gasteiger partial charge in [0.05, 0.1) is 0 Å². The standard InChI is InChI=1S/C10H19NO/c1-8(11-10(2,3)4)12-9-6-5-7-9/h9,11H,1,5-7H2,2-4H3. The van der Waals surface area contributed by atoms with Crippen molar-refractivity contribution in [2.45, 2.75) is 51.7 Å². The molecule has 1 rings (SSSR count). The van der Waals surface area contributed by atoms with Gasteiger partial charge in [-0.15, -0.1) is 0 Å². The third kappa shape index (κ3) is 3.16. The molecule has 0 aliphatic heterocycles. The summed E-state index contributed by atoms with van der Waals surface area (Å²) >= 11 is 0. The van der Waals surface area contributed by atoms with Crippen molar-refractivity contribution in [3.05, 3.63) is 12.5 Å². The van der Waals surface area contributed by atoms with Crippen molar-refractivity contribution in [1.82, 2.24) is 5.32 Å². The SMILES string of the molecule is C=C(NC(C)(C)C)OC1CCC1. The second kappa shape index (κ2) is 3.38. The van der Waals surface area contributed by atoms with Crippen molar-refractivity contribution in [1.29, 1.82) is 0 Å². The fraction of sp³-hybridized carbons (Fsp3) is 0.800. The molecule has 2 nitrogen and oxygen atoms in total. The first kappa shape index (κ1) is 9.43. The van der Waals surface area contributed by atoms with Crippen LogP contribution in [-0.4, -0.2) is 11.6 Å². The van der Waals surface area contributed by atoms with Crippen LogP contribution in [0.5, 0.6) is 0 Å². The zero-order chi connectivity index (χ0) is 9.19. The zero-order valence-corrected chi connectivity index (χ0v) is 8.31. The molecule has 0 aromatic carbocycles. The Balaban J connectivity index is 2.19. The molecule has 1 N–H and O–H groups in total. The average Bonchev–Trinajstić information content (AvgIpc) is 1.74. The molecule has 0 atom stereocenters. The normalized spacial score (nSPS) is 18.2. The van der Waals surface area contributed by atoms with E-state index in [4.69, 9.17) is 4.74 Å². The van der Waals surface area contributed by atoms with E-state index in [0.29, 0.717) is 12.0 Å². The van der Waals surface area contributed by atoms with E-state index in [1.54, 1.807) is 0 Å². The maximum Gasteiger partial charge on any atom is 0.179 e. The summed E-state index contributed by atoms with van der Waals surface area (Å²) < 4.78 is 5.56. The van der Waals surface area contributed by atoms with Crippen LogP contribution in [-0.2, 0) is 4.74 Å². The summed E-state index contributed by atoms with van der Waals surface area (Å²) in [6.45, 7) is 10.1. The van der Waals surface area contributed by atoms with Gasteiger partial charge in [0, 0.05) is 5.54 Å². The maximum absolute atomic E-state index is 5.56. The molecule has 0 aromatic rings. The number of ether oxygens (including phenoxy) is 1. The first-order valence-corrected chi connectivity index (χ1v) is 4.61. The van der Waals surface area contributed by atoms with Gasteiger partial charge in [-0.3, -0.25) is 0 Å². The predicted molar refractivity (Wildman–Crippen MR) is 50.8 cm³/mol. The van der Waals surface area contributed by atoms with Crippen LogP contribution in [0.3, 0.4) is 0 Å². The van der Waals surface area contributed by atoms with Crippen molar-refractivity contribution in [2.75, 3.05) is 0 Å². The lowest BCUT2D eigenvalue weighted by molar-refractivity contribution is 0.0368. The van der Waals surface area contributed by atoms with Crippen LogP contribution < -0.4 is 5.32 Å². The lowest BCUT2D eigenvalue weighted by Crippen LogP contribution is -2.37. The second-order valence-electron chi connectivity index (χ2n) is 4.47. The highest BCUT2D eigenvalue weighted by atomic mass is 16.5. The highest BCUT2D eigenvalue weighted by Crippen LogP contribution is 2.23. The predicted octanol–water partition coefficient (Wildman–Crippen LogP) is 2.41. The summed E-state index contributed by atoms with van der Waals surface area (Å²) in [6.07, 6.45) is 4.09. The maximum atomic E-state index is 5.56. The Hall–Kier alpha value is -0.660. The molecular weight excluding hydrogens is 150 g/mol. The fourth-order valence-corrected chi connectivity index (χ4v) is 1.14. The van der Waals surface area contributed by atoms with Crippen LogP contribution in [0.2, 0.25) is 0 Å². The van der Waals surface area contributed by atoms with Gasteiger partial charge in [0.15, 0.2) is 5.88 Å². The number of rotatable bonds is 3. The third-order valence-corrected chi connectivity index (χ3v) is 1.88. The summed E-state index contributed by atoms with van der Waals surface area (Å²) in [4.78, 5) is 0. The van der Waals surface area contributed by atoms with E-state index in [1.165, 1.54) is 19.3 Å². The number of hydrogen-bond acceptors (Lipinski definition) is 2. The Labute approximate surface area is 75.0 Å². The van der Waals surface area contributed by atoms with Crippen molar-refractivity contribution in [3.63, 3.8) is 0 Å². The monoisotopic (exact) mass is 169 g/mol. The Morgan fingerprint density at radius 1 is 1.42 bits per heavy atom. The van der Waals surface area contributed by atoms with Crippen LogP contribution in [0.4, 0.5) is 0 Å². The van der Waals surface area contributed by atoms with Gasteiger partial charge < -0.3 is 10.1 Å². The van der Waals surface area contributed by atoms with E-state index in [9.17, 15) is 0 Å². The molecule has 0 heterocycles. The fourth-order valence-electron chi connectivity index (χ4n) is 1.14. The summed E-state index contributed by atoms with van der Waals surface area (Å²) in [5.41, 5.74) is 0.0564. The van der Waals surface area contributed by atoms with Gasteiger partial charge in [-0.25, -0.2) is 0 Å². The molecule has 0 spiro atoms. The molecule has 12 heavy (non-hydrogen) atoms. The summed E-state index contributed by atoms with van der Waals surface area (Å²) in [6, 6.07) is 0. The minimum absolute atomic E-state index is 0.0564. The van der Waals surface area contributed by atoms with Crippen molar-refractivity contribution < 1.29 is 4.74 Å². The van der Waals surface area contributed by atoms with E-state index < -0.39 is 0 Å². The Bertz CT molecular complexity index is 165. The Morgan fingerprint density at radius 2 is 2.00 bits per heavy atom. The average molecular weight is 169 g/mol. The van der Waals surface area contributed by atoms with Crippen molar-refractivity contribution in [3.8, 4) is 0 Å². The smallest absolute Gasteiger partial charge is 0.179 e. The van der Waals surface area contributed by atoms with Crippen LogP contribution in [0.1, 0.15) is 40.0 Å². The summed E-state index contributed by atoms with van der Waals surface area (Å²) in [5.74, 6) is 0.715. The largest absolute Gasteiger partial charge is 0.476 e.